The summed E-state index contributed by atoms with van der Waals surface area (Å²) in [5.41, 5.74) is 1.12. The van der Waals surface area contributed by atoms with Gasteiger partial charge in [-0.1, -0.05) is 55.0 Å². The summed E-state index contributed by atoms with van der Waals surface area (Å²) < 4.78 is 0. The molecular formula is C16H18. The van der Waals surface area contributed by atoms with E-state index in [0.717, 1.165) is 5.56 Å². The summed E-state index contributed by atoms with van der Waals surface area (Å²) in [4.78, 5) is 0. The van der Waals surface area contributed by atoms with Gasteiger partial charge in [-0.15, -0.1) is 0 Å². The molecule has 0 fully saturated rings. The van der Waals surface area contributed by atoms with E-state index in [-0.39, 0.29) is 0 Å². The van der Waals surface area contributed by atoms with Crippen molar-refractivity contribution in [1.82, 2.24) is 0 Å². The second-order valence-corrected chi connectivity index (χ2v) is 4.31. The van der Waals surface area contributed by atoms with Crippen LogP contribution >= 0.6 is 0 Å². The van der Waals surface area contributed by atoms with Crippen LogP contribution in [0.2, 0.25) is 0 Å². The van der Waals surface area contributed by atoms with E-state index in [4.69, 9.17) is 0 Å². The SMILES string of the molecule is C(#C[C@H]1/C=C\CCCCC1)c1ccccc1. The maximum Gasteiger partial charge on any atom is 0.0386 e. The molecule has 0 bridgehead atoms. The van der Waals surface area contributed by atoms with Crippen molar-refractivity contribution in [2.24, 2.45) is 5.92 Å². The number of allylic oxidation sites excluding steroid dienone is 2. The molecular weight excluding hydrogens is 192 g/mol. The third kappa shape index (κ3) is 3.59. The highest BCUT2D eigenvalue weighted by Crippen LogP contribution is 2.16. The van der Waals surface area contributed by atoms with Gasteiger partial charge in [-0.3, -0.25) is 0 Å². The molecule has 16 heavy (non-hydrogen) atoms. The van der Waals surface area contributed by atoms with Crippen LogP contribution in [0.15, 0.2) is 42.5 Å². The summed E-state index contributed by atoms with van der Waals surface area (Å²) in [5, 5.41) is 0. The number of hydrogen-bond donors (Lipinski definition) is 0. The van der Waals surface area contributed by atoms with E-state index in [9.17, 15) is 0 Å². The van der Waals surface area contributed by atoms with Gasteiger partial charge in [0.2, 0.25) is 0 Å². The largest absolute Gasteiger partial charge is 0.0903 e. The van der Waals surface area contributed by atoms with E-state index in [2.05, 4.69) is 36.1 Å². The predicted molar refractivity (Wildman–Crippen MR) is 69.0 cm³/mol. The first-order valence-corrected chi connectivity index (χ1v) is 6.18. The van der Waals surface area contributed by atoms with Crippen LogP contribution in [0.4, 0.5) is 0 Å². The summed E-state index contributed by atoms with van der Waals surface area (Å²) >= 11 is 0. The smallest absolute Gasteiger partial charge is 0.0386 e. The Kier molecular flexibility index (Phi) is 4.26. The molecule has 1 aliphatic rings. The first-order chi connectivity index (χ1) is 7.95. The Labute approximate surface area is 98.4 Å². The van der Waals surface area contributed by atoms with E-state index in [1.807, 2.05) is 18.2 Å². The molecule has 0 amide bonds. The Morgan fingerprint density at radius 1 is 1.00 bits per heavy atom. The molecule has 0 saturated carbocycles. The first kappa shape index (κ1) is 11.0. The minimum Gasteiger partial charge on any atom is -0.0903 e. The molecule has 0 heterocycles. The molecule has 0 aliphatic heterocycles. The molecule has 1 aromatic carbocycles. The number of rotatable bonds is 0. The van der Waals surface area contributed by atoms with Gasteiger partial charge in [0.25, 0.3) is 0 Å². The molecule has 2 rings (SSSR count). The highest BCUT2D eigenvalue weighted by Gasteiger charge is 2.02. The molecule has 0 saturated heterocycles. The van der Waals surface area contributed by atoms with E-state index >= 15 is 0 Å². The van der Waals surface area contributed by atoms with Crippen LogP contribution in [0.25, 0.3) is 0 Å². The van der Waals surface area contributed by atoms with Gasteiger partial charge >= 0.3 is 0 Å². The molecule has 0 radical (unpaired) electrons. The van der Waals surface area contributed by atoms with Gasteiger partial charge in [0.15, 0.2) is 0 Å². The fourth-order valence-electron chi connectivity index (χ4n) is 1.98. The van der Waals surface area contributed by atoms with Crippen LogP contribution in [0, 0.1) is 17.8 Å². The van der Waals surface area contributed by atoms with Gasteiger partial charge in [-0.2, -0.15) is 0 Å². The molecule has 0 aromatic heterocycles. The minimum absolute atomic E-state index is 0.459. The molecule has 0 heteroatoms. The predicted octanol–water partition coefficient (Wildman–Crippen LogP) is 4.17. The van der Waals surface area contributed by atoms with Crippen LogP contribution in [-0.2, 0) is 0 Å². The second-order valence-electron chi connectivity index (χ2n) is 4.31. The Bertz CT molecular complexity index is 389. The monoisotopic (exact) mass is 210 g/mol. The lowest BCUT2D eigenvalue weighted by molar-refractivity contribution is 0.591. The van der Waals surface area contributed by atoms with E-state index in [1.54, 1.807) is 0 Å². The van der Waals surface area contributed by atoms with Crippen molar-refractivity contribution >= 4 is 0 Å². The summed E-state index contributed by atoms with van der Waals surface area (Å²) in [6.45, 7) is 0. The Morgan fingerprint density at radius 3 is 2.75 bits per heavy atom. The highest BCUT2D eigenvalue weighted by molar-refractivity contribution is 5.34. The zero-order chi connectivity index (χ0) is 11.1. The van der Waals surface area contributed by atoms with Crippen molar-refractivity contribution in [3.05, 3.63) is 48.0 Å². The quantitative estimate of drug-likeness (QED) is 0.445. The summed E-state index contributed by atoms with van der Waals surface area (Å²) in [7, 11) is 0. The lowest BCUT2D eigenvalue weighted by Crippen LogP contribution is -1.95. The minimum atomic E-state index is 0.459. The van der Waals surface area contributed by atoms with E-state index in [0.29, 0.717) is 5.92 Å². The fourth-order valence-corrected chi connectivity index (χ4v) is 1.98. The van der Waals surface area contributed by atoms with E-state index < -0.39 is 0 Å². The molecule has 0 nitrogen and oxygen atoms in total. The van der Waals surface area contributed by atoms with Gasteiger partial charge in [-0.25, -0.2) is 0 Å². The van der Waals surface area contributed by atoms with Crippen molar-refractivity contribution in [2.45, 2.75) is 32.1 Å². The molecule has 0 N–H and O–H groups in total. The van der Waals surface area contributed by atoms with Crippen molar-refractivity contribution in [1.29, 1.82) is 0 Å². The highest BCUT2D eigenvalue weighted by atomic mass is 14.1. The van der Waals surface area contributed by atoms with Gasteiger partial charge in [0.1, 0.15) is 0 Å². The molecule has 1 atom stereocenters. The second kappa shape index (κ2) is 6.18. The van der Waals surface area contributed by atoms with Crippen LogP contribution in [0.3, 0.4) is 0 Å². The number of hydrogen-bond acceptors (Lipinski definition) is 0. The molecule has 82 valence electrons. The zero-order valence-electron chi connectivity index (χ0n) is 9.65. The van der Waals surface area contributed by atoms with Crippen molar-refractivity contribution in [2.75, 3.05) is 0 Å². The molecule has 0 spiro atoms. The standard InChI is InChI=1S/C16H18/c1-2-5-9-15(10-6-3-1)13-14-16-11-7-4-8-12-16/h4-5,7-9,11-12,15H,1-3,6,10H2/b9-5-/t15-/m0/s1. The maximum atomic E-state index is 3.37. The first-order valence-electron chi connectivity index (χ1n) is 6.18. The average Bonchev–Trinajstić information content (AvgIpc) is 2.29. The van der Waals surface area contributed by atoms with Crippen LogP contribution in [0.1, 0.15) is 37.7 Å². The molecule has 1 aliphatic carbocycles. The van der Waals surface area contributed by atoms with E-state index in [1.165, 1.54) is 32.1 Å². The van der Waals surface area contributed by atoms with Crippen molar-refractivity contribution < 1.29 is 0 Å². The van der Waals surface area contributed by atoms with Crippen LogP contribution in [-0.4, -0.2) is 0 Å². The Balaban J connectivity index is 2.02. The lowest BCUT2D eigenvalue weighted by Gasteiger charge is -2.08. The lowest BCUT2D eigenvalue weighted by atomic mass is 9.97. The van der Waals surface area contributed by atoms with Crippen LogP contribution < -0.4 is 0 Å². The fraction of sp³-hybridized carbons (Fsp3) is 0.375. The summed E-state index contributed by atoms with van der Waals surface area (Å²) in [6, 6.07) is 10.2. The normalized spacial score (nSPS) is 22.4. The topological polar surface area (TPSA) is 0 Å². The Morgan fingerprint density at radius 2 is 1.88 bits per heavy atom. The average molecular weight is 210 g/mol. The number of benzene rings is 1. The molecule has 0 unspecified atom stereocenters. The van der Waals surface area contributed by atoms with Crippen molar-refractivity contribution in [3.8, 4) is 11.8 Å². The van der Waals surface area contributed by atoms with Crippen molar-refractivity contribution in [3.63, 3.8) is 0 Å². The van der Waals surface area contributed by atoms with Gasteiger partial charge in [0, 0.05) is 11.5 Å². The molecule has 1 aromatic rings. The Hall–Kier alpha value is -1.48. The zero-order valence-corrected chi connectivity index (χ0v) is 9.65. The summed E-state index contributed by atoms with van der Waals surface area (Å²) in [6.07, 6.45) is 11.0. The van der Waals surface area contributed by atoms with Gasteiger partial charge < -0.3 is 0 Å². The third-order valence-electron chi connectivity index (χ3n) is 2.93. The van der Waals surface area contributed by atoms with Gasteiger partial charge in [0.05, 0.1) is 0 Å². The summed E-state index contributed by atoms with van der Waals surface area (Å²) in [5.74, 6) is 7.09. The van der Waals surface area contributed by atoms with Gasteiger partial charge in [-0.05, 0) is 31.4 Å². The maximum absolute atomic E-state index is 3.37. The van der Waals surface area contributed by atoms with Crippen LogP contribution in [0.5, 0.6) is 0 Å². The third-order valence-corrected chi connectivity index (χ3v) is 2.93.